The van der Waals surface area contributed by atoms with Gasteiger partial charge in [0.2, 0.25) is 0 Å². The molecule has 0 unspecified atom stereocenters. The van der Waals surface area contributed by atoms with Gasteiger partial charge in [-0.3, -0.25) is 0 Å². The van der Waals surface area contributed by atoms with Crippen molar-refractivity contribution in [2.24, 2.45) is 0 Å². The third-order valence-corrected chi connectivity index (χ3v) is 7.67. The van der Waals surface area contributed by atoms with E-state index in [0.29, 0.717) is 0 Å². The number of benzene rings is 3. The van der Waals surface area contributed by atoms with Crippen molar-refractivity contribution in [3.8, 4) is 0 Å². The lowest BCUT2D eigenvalue weighted by Gasteiger charge is -2.24. The van der Waals surface area contributed by atoms with Gasteiger partial charge < -0.3 is 0 Å². The molecule has 0 saturated carbocycles. The first-order chi connectivity index (χ1) is 10.3. The molecule has 0 atom stereocenters. The average Bonchev–Trinajstić information content (AvgIpc) is 2.52. The quantitative estimate of drug-likeness (QED) is 0.304. The molecule has 0 amide bonds. The Hall–Kier alpha value is -0.530. The van der Waals surface area contributed by atoms with E-state index >= 15 is 0 Å². The molecule has 0 aliphatic rings. The van der Waals surface area contributed by atoms with Gasteiger partial charge in [0.05, 0.1) is 0 Å². The highest BCUT2D eigenvalue weighted by Crippen LogP contribution is 2.52. The van der Waals surface area contributed by atoms with E-state index < -0.39 is 10.9 Å². The highest BCUT2D eigenvalue weighted by molar-refractivity contribution is 14.1. The Kier molecular flexibility index (Phi) is 5.24. The van der Waals surface area contributed by atoms with E-state index in [4.69, 9.17) is 0 Å². The predicted octanol–water partition coefficient (Wildman–Crippen LogP) is 6.37. The van der Waals surface area contributed by atoms with Crippen molar-refractivity contribution in [3.63, 3.8) is 0 Å². The Bertz CT molecular complexity index is 687. The van der Waals surface area contributed by atoms with Gasteiger partial charge in [-0.2, -0.15) is 10.9 Å². The molecule has 3 heteroatoms. The minimum atomic E-state index is -0.490. The van der Waals surface area contributed by atoms with Crippen LogP contribution in [0.2, 0.25) is 0 Å². The molecule has 0 bridgehead atoms. The van der Waals surface area contributed by atoms with Gasteiger partial charge in [0.25, 0.3) is 0 Å². The van der Waals surface area contributed by atoms with Crippen LogP contribution in [0.1, 0.15) is 0 Å². The van der Waals surface area contributed by atoms with E-state index in [1.807, 2.05) is 0 Å². The molecule has 0 nitrogen and oxygen atoms in total. The first kappa shape index (κ1) is 15.4. The van der Waals surface area contributed by atoms with E-state index in [9.17, 15) is 0 Å². The lowest BCUT2D eigenvalue weighted by Crippen LogP contribution is -1.91. The summed E-state index contributed by atoms with van der Waals surface area (Å²) in [4.78, 5) is 4.24. The van der Waals surface area contributed by atoms with Crippen molar-refractivity contribution in [2.45, 2.75) is 14.7 Å². The minimum absolute atomic E-state index is 0.490. The number of hydrogen-bond donors (Lipinski definition) is 1. The summed E-state index contributed by atoms with van der Waals surface area (Å²) >= 11 is 4.84. The lowest BCUT2D eigenvalue weighted by atomic mass is 10.4. The Morgan fingerprint density at radius 1 is 0.619 bits per heavy atom. The Morgan fingerprint density at radius 2 is 1.14 bits per heavy atom. The molecule has 0 aromatic heterocycles. The zero-order valence-corrected chi connectivity index (χ0v) is 16.4. The van der Waals surface area contributed by atoms with Gasteiger partial charge in [0.1, 0.15) is 0 Å². The number of thiol groups is 1. The highest BCUT2D eigenvalue weighted by atomic mass is 127. The van der Waals surface area contributed by atoms with Crippen LogP contribution in [0.3, 0.4) is 0 Å². The number of hydrogen-bond acceptors (Lipinski definition) is 0. The van der Waals surface area contributed by atoms with Gasteiger partial charge in [-0.25, -0.2) is 0 Å². The summed E-state index contributed by atoms with van der Waals surface area (Å²) < 4.78 is 2.63. The first-order valence-corrected chi connectivity index (χ1v) is 10.1. The van der Waals surface area contributed by atoms with Crippen LogP contribution in [-0.4, -0.2) is 0 Å². The van der Waals surface area contributed by atoms with Crippen molar-refractivity contribution in [3.05, 3.63) is 86.0 Å². The second-order valence-corrected chi connectivity index (χ2v) is 9.20. The molecule has 0 aliphatic carbocycles. The molecule has 0 fully saturated rings. The molecular formula is C18H14I2S. The van der Waals surface area contributed by atoms with Crippen LogP contribution >= 0.6 is 56.1 Å². The molecule has 106 valence electrons. The molecule has 3 aromatic carbocycles. The molecule has 3 rings (SSSR count). The van der Waals surface area contributed by atoms with Crippen molar-refractivity contribution in [1.29, 1.82) is 0 Å². The Balaban J connectivity index is 2.17. The summed E-state index contributed by atoms with van der Waals surface area (Å²) in [6.07, 6.45) is 0. The van der Waals surface area contributed by atoms with Crippen molar-refractivity contribution in [1.82, 2.24) is 0 Å². The summed E-state index contributed by atoms with van der Waals surface area (Å²) in [6, 6.07) is 28.4. The largest absolute Gasteiger partial charge is 0.172 e. The third-order valence-electron chi connectivity index (χ3n) is 3.18. The first-order valence-electron chi connectivity index (χ1n) is 6.61. The van der Waals surface area contributed by atoms with E-state index in [2.05, 4.69) is 124 Å². The van der Waals surface area contributed by atoms with Gasteiger partial charge in [-0.15, -0.1) is 0 Å². The van der Waals surface area contributed by atoms with E-state index in [0.717, 1.165) is 0 Å². The minimum Gasteiger partial charge on any atom is -0.172 e. The summed E-state index contributed by atoms with van der Waals surface area (Å²) in [5.41, 5.74) is 0. The van der Waals surface area contributed by atoms with Gasteiger partial charge in [-0.1, -0.05) is 36.4 Å². The van der Waals surface area contributed by atoms with E-state index in [1.165, 1.54) is 21.8 Å². The van der Waals surface area contributed by atoms with Crippen LogP contribution in [0.15, 0.2) is 93.5 Å². The fraction of sp³-hybridized carbons (Fsp3) is 0. The third kappa shape index (κ3) is 3.63. The van der Waals surface area contributed by atoms with E-state index in [-0.39, 0.29) is 0 Å². The topological polar surface area (TPSA) is 0 Å². The second kappa shape index (κ2) is 7.15. The van der Waals surface area contributed by atoms with Crippen molar-refractivity contribution < 1.29 is 0 Å². The standard InChI is InChI=1S/C18H14I2S/c19-14-11-12-18(17(20)13-14)21(15-7-3-1-4-8-15)16-9-5-2-6-10-16/h1-13,21H. The van der Waals surface area contributed by atoms with Gasteiger partial charge in [0, 0.05) is 12.0 Å². The predicted molar refractivity (Wildman–Crippen MR) is 109 cm³/mol. The summed E-state index contributed by atoms with van der Waals surface area (Å²) in [6.45, 7) is 0. The SMILES string of the molecule is Ic1ccc([SH](c2ccccc2)c2ccccc2)c(I)c1. The maximum absolute atomic E-state index is 2.47. The number of rotatable bonds is 3. The molecule has 21 heavy (non-hydrogen) atoms. The van der Waals surface area contributed by atoms with Gasteiger partial charge in [0.15, 0.2) is 0 Å². The lowest BCUT2D eigenvalue weighted by molar-refractivity contribution is 1.30. The molecule has 0 saturated heterocycles. The van der Waals surface area contributed by atoms with Crippen LogP contribution in [-0.2, 0) is 0 Å². The smallest absolute Gasteiger partial charge is 0.0265 e. The molecule has 0 aliphatic heterocycles. The molecule has 3 aromatic rings. The van der Waals surface area contributed by atoms with Gasteiger partial charge >= 0.3 is 0 Å². The summed E-state index contributed by atoms with van der Waals surface area (Å²) in [7, 11) is -0.490. The zero-order chi connectivity index (χ0) is 14.7. The van der Waals surface area contributed by atoms with Crippen molar-refractivity contribution >= 4 is 56.1 Å². The normalized spacial score (nSPS) is 11.2. The molecule has 0 N–H and O–H groups in total. The van der Waals surface area contributed by atoms with Crippen LogP contribution in [0.25, 0.3) is 0 Å². The highest BCUT2D eigenvalue weighted by Gasteiger charge is 2.15. The van der Waals surface area contributed by atoms with Crippen molar-refractivity contribution in [2.75, 3.05) is 0 Å². The molecule has 0 spiro atoms. The number of halogens is 2. The zero-order valence-electron chi connectivity index (χ0n) is 11.2. The van der Waals surface area contributed by atoms with Crippen LogP contribution in [0, 0.1) is 7.14 Å². The second-order valence-electron chi connectivity index (χ2n) is 4.60. The fourth-order valence-electron chi connectivity index (χ4n) is 2.24. The maximum atomic E-state index is 2.47. The van der Waals surface area contributed by atoms with Crippen LogP contribution in [0.5, 0.6) is 0 Å². The van der Waals surface area contributed by atoms with Gasteiger partial charge in [-0.05, 0) is 97.4 Å². The Labute approximate surface area is 155 Å². The molecule has 0 radical (unpaired) electrons. The average molecular weight is 516 g/mol. The van der Waals surface area contributed by atoms with Crippen LogP contribution in [0.4, 0.5) is 0 Å². The Morgan fingerprint density at radius 3 is 1.62 bits per heavy atom. The fourth-order valence-corrected chi connectivity index (χ4v) is 6.87. The molecular weight excluding hydrogens is 502 g/mol. The maximum Gasteiger partial charge on any atom is 0.0265 e. The summed E-state index contributed by atoms with van der Waals surface area (Å²) in [5, 5.41) is 0. The van der Waals surface area contributed by atoms with E-state index in [1.54, 1.807) is 0 Å². The van der Waals surface area contributed by atoms with Crippen LogP contribution < -0.4 is 0 Å². The molecule has 0 heterocycles. The summed E-state index contributed by atoms with van der Waals surface area (Å²) in [5.74, 6) is 0. The monoisotopic (exact) mass is 516 g/mol.